The highest BCUT2D eigenvalue weighted by Gasteiger charge is 2.27. The first-order chi connectivity index (χ1) is 9.55. The van der Waals surface area contributed by atoms with Gasteiger partial charge in [-0.2, -0.15) is 16.8 Å². The van der Waals surface area contributed by atoms with Crippen molar-refractivity contribution >= 4 is 36.7 Å². The summed E-state index contributed by atoms with van der Waals surface area (Å²) in [6, 6.07) is 3.30. The van der Waals surface area contributed by atoms with Crippen LogP contribution in [0.5, 0.6) is 5.75 Å². The molecule has 2 aromatic carbocycles. The molecule has 0 aliphatic heterocycles. The third-order valence-corrected chi connectivity index (χ3v) is 4.44. The maximum atomic E-state index is 11.3. The van der Waals surface area contributed by atoms with Gasteiger partial charge in [0.2, 0.25) is 11.1 Å². The van der Waals surface area contributed by atoms with Crippen LogP contribution in [0.2, 0.25) is 0 Å². The second kappa shape index (κ2) is 4.64. The summed E-state index contributed by atoms with van der Waals surface area (Å²) in [5.41, 5.74) is -0.417. The van der Waals surface area contributed by atoms with Crippen LogP contribution in [0.1, 0.15) is 0 Å². The van der Waals surface area contributed by atoms with Crippen LogP contribution in [-0.2, 0) is 20.2 Å². The molecule has 0 aliphatic rings. The van der Waals surface area contributed by atoms with Crippen LogP contribution in [0.4, 0.5) is 5.69 Å². The van der Waals surface area contributed by atoms with Crippen molar-refractivity contribution in [1.82, 2.24) is 0 Å². The average Bonchev–Trinajstić information content (AvgIpc) is 2.35. The van der Waals surface area contributed by atoms with Gasteiger partial charge in [0, 0.05) is 11.5 Å². The fourth-order valence-corrected chi connectivity index (χ4v) is 3.04. The summed E-state index contributed by atoms with van der Waals surface area (Å²) in [5, 5.41) is 17.9. The number of hydrogen-bond acceptors (Lipinski definition) is 6. The highest BCUT2D eigenvalue weighted by molar-refractivity contribution is 7.86. The Morgan fingerprint density at radius 1 is 0.952 bits per heavy atom. The molecule has 0 fully saturated rings. The quantitative estimate of drug-likeness (QED) is 0.552. The Morgan fingerprint density at radius 2 is 1.57 bits per heavy atom. The maximum absolute atomic E-state index is 11.3. The van der Waals surface area contributed by atoms with E-state index in [-0.39, 0.29) is 10.8 Å². The summed E-state index contributed by atoms with van der Waals surface area (Å²) >= 11 is 0. The second-order valence-corrected chi connectivity index (χ2v) is 6.81. The smallest absolute Gasteiger partial charge is 0.433 e. The molecule has 110 valence electrons. The number of benzene rings is 2. The first kappa shape index (κ1) is 15.1. The molecule has 0 unspecified atom stereocenters. The van der Waals surface area contributed by atoms with Crippen molar-refractivity contribution in [3.05, 3.63) is 29.2 Å². The largest absolute Gasteiger partial charge is 0.501 e. The van der Waals surface area contributed by atoms with E-state index in [2.05, 4.69) is 4.98 Å². The molecule has 0 spiro atoms. The van der Waals surface area contributed by atoms with Gasteiger partial charge in [0.15, 0.2) is 4.98 Å². The number of nitrogens with zero attached hydrogens (tertiary/aromatic N) is 2. The topological polar surface area (TPSA) is 157 Å². The molecule has 11 heteroatoms. The van der Waals surface area contributed by atoms with Gasteiger partial charge in [0.25, 0.3) is 20.2 Å². The van der Waals surface area contributed by atoms with Crippen molar-refractivity contribution in [2.45, 2.75) is 9.79 Å². The van der Waals surface area contributed by atoms with E-state index in [0.717, 1.165) is 18.2 Å². The third-order valence-electron chi connectivity index (χ3n) is 2.70. The van der Waals surface area contributed by atoms with Gasteiger partial charge in [-0.05, 0) is 18.2 Å². The van der Waals surface area contributed by atoms with Crippen molar-refractivity contribution in [2.24, 2.45) is 0 Å². The molecule has 2 aromatic rings. The summed E-state index contributed by atoms with van der Waals surface area (Å²) in [6.07, 6.45) is 0. The van der Waals surface area contributed by atoms with Crippen molar-refractivity contribution in [2.75, 3.05) is 0 Å². The number of fused-ring (bicyclic) bond motifs is 1. The lowest BCUT2D eigenvalue weighted by Crippen LogP contribution is -2.02. The molecule has 0 atom stereocenters. The lowest BCUT2D eigenvalue weighted by molar-refractivity contribution is 0.470. The molecule has 0 amide bonds. The van der Waals surface area contributed by atoms with E-state index in [9.17, 15) is 21.9 Å². The zero-order valence-electron chi connectivity index (χ0n) is 9.99. The average molecular weight is 331 g/mol. The van der Waals surface area contributed by atoms with Crippen LogP contribution < -0.4 is 0 Å². The minimum atomic E-state index is -4.80. The fraction of sp³-hybridized carbons (Fsp3) is 0. The Kier molecular flexibility index (Phi) is 3.34. The Balaban J connectivity index is 3.09. The zero-order valence-corrected chi connectivity index (χ0v) is 11.6. The van der Waals surface area contributed by atoms with Crippen LogP contribution in [0.25, 0.3) is 15.7 Å². The molecule has 21 heavy (non-hydrogen) atoms. The van der Waals surface area contributed by atoms with Crippen LogP contribution >= 0.6 is 0 Å². The van der Waals surface area contributed by atoms with E-state index in [1.165, 1.54) is 0 Å². The molecule has 3 N–H and O–H groups in total. The molecule has 2 rings (SSSR count). The van der Waals surface area contributed by atoms with Crippen LogP contribution in [0.15, 0.2) is 34.1 Å². The van der Waals surface area contributed by atoms with Gasteiger partial charge in [-0.25, -0.2) is 0 Å². The summed E-state index contributed by atoms with van der Waals surface area (Å²) < 4.78 is 62.8. The number of phenols is 1. The predicted molar refractivity (Wildman–Crippen MR) is 70.0 cm³/mol. The Labute approximate surface area is 118 Å². The van der Waals surface area contributed by atoms with Gasteiger partial charge in [-0.1, -0.05) is 0 Å². The normalized spacial score (nSPS) is 12.2. The standard InChI is InChI=1S/C10H6N2O7S2/c11-12-10-6-2-1-5(20(14,15)16)3-7(6)9(4-8(10)13)21(17,18)19/h1-4H,(H2-,13,14,15,16,17,18,19)/p+1. The SMILES string of the molecule is N#[N+]c1c(O)cc(S(=O)(=O)O)c2cc(S(=O)(=O)O)ccc12. The van der Waals surface area contributed by atoms with E-state index in [1.807, 2.05) is 0 Å². The minimum Gasteiger partial charge on any atom is -0.501 e. The second-order valence-electron chi connectivity index (χ2n) is 4.00. The number of aromatic hydroxyl groups is 1. The van der Waals surface area contributed by atoms with Gasteiger partial charge < -0.3 is 5.11 Å². The lowest BCUT2D eigenvalue weighted by Gasteiger charge is -2.05. The predicted octanol–water partition coefficient (Wildman–Crippen LogP) is 1.52. The van der Waals surface area contributed by atoms with Crippen LogP contribution in [0.3, 0.4) is 0 Å². The first-order valence-electron chi connectivity index (χ1n) is 5.15. The van der Waals surface area contributed by atoms with Crippen molar-refractivity contribution < 1.29 is 31.0 Å². The van der Waals surface area contributed by atoms with Crippen molar-refractivity contribution in [3.8, 4) is 5.75 Å². The van der Waals surface area contributed by atoms with Crippen molar-refractivity contribution in [1.29, 1.82) is 5.39 Å². The zero-order chi connectivity index (χ0) is 16.0. The van der Waals surface area contributed by atoms with Gasteiger partial charge in [0.05, 0.1) is 10.3 Å². The number of rotatable bonds is 2. The van der Waals surface area contributed by atoms with Gasteiger partial charge in [0.1, 0.15) is 4.90 Å². The Morgan fingerprint density at radius 3 is 2.05 bits per heavy atom. The summed E-state index contributed by atoms with van der Waals surface area (Å²) in [4.78, 5) is 1.35. The number of phenolic OH excluding ortho intramolecular Hbond substituents is 1. The van der Waals surface area contributed by atoms with E-state index < -0.39 is 41.5 Å². The van der Waals surface area contributed by atoms with E-state index in [4.69, 9.17) is 14.5 Å². The first-order valence-corrected chi connectivity index (χ1v) is 8.03. The molecule has 0 aliphatic carbocycles. The van der Waals surface area contributed by atoms with Crippen molar-refractivity contribution in [3.63, 3.8) is 0 Å². The highest BCUT2D eigenvalue weighted by Crippen LogP contribution is 2.39. The summed E-state index contributed by atoms with van der Waals surface area (Å²) in [6.45, 7) is 0. The summed E-state index contributed by atoms with van der Waals surface area (Å²) in [5.74, 6) is -0.739. The van der Waals surface area contributed by atoms with E-state index in [0.29, 0.717) is 6.07 Å². The molecule has 0 saturated carbocycles. The Hall–Kier alpha value is -2.26. The lowest BCUT2D eigenvalue weighted by atomic mass is 10.1. The molecular formula is C10H7N2O7S2+. The van der Waals surface area contributed by atoms with Crippen LogP contribution in [0, 0.1) is 5.39 Å². The highest BCUT2D eigenvalue weighted by atomic mass is 32.2. The van der Waals surface area contributed by atoms with Crippen LogP contribution in [-0.4, -0.2) is 31.0 Å². The fourth-order valence-electron chi connectivity index (χ4n) is 1.82. The van der Waals surface area contributed by atoms with Gasteiger partial charge in [-0.3, -0.25) is 9.11 Å². The third kappa shape index (κ3) is 2.65. The van der Waals surface area contributed by atoms with E-state index in [1.54, 1.807) is 0 Å². The molecule has 0 bridgehead atoms. The van der Waals surface area contributed by atoms with Gasteiger partial charge >= 0.3 is 5.69 Å². The maximum Gasteiger partial charge on any atom is 0.433 e. The Bertz CT molecular complexity index is 1000. The number of hydrogen-bond donors (Lipinski definition) is 3. The molecule has 0 heterocycles. The molecule has 0 aromatic heterocycles. The molecule has 0 saturated heterocycles. The number of diazo groups is 1. The van der Waals surface area contributed by atoms with Gasteiger partial charge in [-0.15, -0.1) is 0 Å². The monoisotopic (exact) mass is 331 g/mol. The molecular weight excluding hydrogens is 324 g/mol. The minimum absolute atomic E-state index is 0.141. The molecule has 0 radical (unpaired) electrons. The van der Waals surface area contributed by atoms with E-state index >= 15 is 0 Å². The molecule has 9 nitrogen and oxygen atoms in total. The summed E-state index contributed by atoms with van der Waals surface area (Å²) in [7, 11) is -9.42.